The number of hydrogen-bond acceptors (Lipinski definition) is 5. The van der Waals surface area contributed by atoms with Crippen molar-refractivity contribution in [2.45, 2.75) is 57.0 Å². The average Bonchev–Trinajstić information content (AvgIpc) is 2.99. The smallest absolute Gasteiger partial charge is 0.204 e. The Balaban J connectivity index is 1.46. The van der Waals surface area contributed by atoms with Gasteiger partial charge in [0.15, 0.2) is 5.79 Å². The van der Waals surface area contributed by atoms with Crippen molar-refractivity contribution in [2.75, 3.05) is 32.1 Å². The number of nitrogens with one attached hydrogen (secondary N) is 1. The summed E-state index contributed by atoms with van der Waals surface area (Å²) in [6, 6.07) is 0. The van der Waals surface area contributed by atoms with E-state index in [1.54, 1.807) is 0 Å². The fourth-order valence-electron chi connectivity index (χ4n) is 3.62. The largest absolute Gasteiger partial charge is 0.348 e. The summed E-state index contributed by atoms with van der Waals surface area (Å²) in [7, 11) is 6.07. The van der Waals surface area contributed by atoms with Crippen molar-refractivity contribution >= 4 is 5.95 Å². The maximum atomic E-state index is 6.27. The van der Waals surface area contributed by atoms with E-state index in [0.29, 0.717) is 6.61 Å². The third kappa shape index (κ3) is 3.87. The third-order valence-corrected chi connectivity index (χ3v) is 4.92. The highest BCUT2D eigenvalue weighted by Gasteiger charge is 2.41. The molecule has 0 amide bonds. The van der Waals surface area contributed by atoms with Crippen LogP contribution < -0.4 is 10.2 Å². The van der Waals surface area contributed by atoms with Gasteiger partial charge in [-0.2, -0.15) is 0 Å². The van der Waals surface area contributed by atoms with Gasteiger partial charge in [0, 0.05) is 47.1 Å². The van der Waals surface area contributed by atoms with Gasteiger partial charge >= 0.3 is 0 Å². The number of hydrogen-bond donors (Lipinski definition) is 1. The van der Waals surface area contributed by atoms with Crippen molar-refractivity contribution in [3.05, 3.63) is 11.9 Å². The van der Waals surface area contributed by atoms with Crippen LogP contribution in [-0.4, -0.2) is 48.7 Å². The molecular formula is C17H30N4O2. The van der Waals surface area contributed by atoms with Crippen molar-refractivity contribution in [1.82, 2.24) is 14.9 Å². The first-order chi connectivity index (χ1) is 11.1. The van der Waals surface area contributed by atoms with Crippen molar-refractivity contribution < 1.29 is 9.47 Å². The van der Waals surface area contributed by atoms with E-state index in [2.05, 4.69) is 21.9 Å². The highest BCUT2D eigenvalue weighted by atomic mass is 16.7. The number of imidazole rings is 1. The minimum absolute atomic E-state index is 0.162. The molecule has 0 bridgehead atoms. The molecule has 1 spiro atoms. The van der Waals surface area contributed by atoms with Crippen LogP contribution in [-0.2, 0) is 23.1 Å². The average molecular weight is 322 g/mol. The van der Waals surface area contributed by atoms with E-state index in [1.165, 1.54) is 31.4 Å². The molecule has 1 aromatic heterocycles. The molecule has 2 fully saturated rings. The molecule has 2 aliphatic rings. The Morgan fingerprint density at radius 2 is 2.04 bits per heavy atom. The Kier molecular flexibility index (Phi) is 5.24. The van der Waals surface area contributed by atoms with Crippen molar-refractivity contribution in [1.29, 1.82) is 0 Å². The molecule has 0 radical (unpaired) electrons. The minimum Gasteiger partial charge on any atom is -0.348 e. The molecule has 6 nitrogen and oxygen atoms in total. The highest BCUT2D eigenvalue weighted by Crippen LogP contribution is 2.36. The number of ether oxygens (including phenoxy) is 2. The van der Waals surface area contributed by atoms with Crippen LogP contribution in [0.3, 0.4) is 0 Å². The Morgan fingerprint density at radius 1 is 1.30 bits per heavy atom. The predicted octanol–water partition coefficient (Wildman–Crippen LogP) is 2.04. The Bertz CT molecular complexity index is 507. The van der Waals surface area contributed by atoms with Crippen LogP contribution in [0.15, 0.2) is 6.20 Å². The van der Waals surface area contributed by atoms with Crippen LogP contribution in [0.4, 0.5) is 5.95 Å². The van der Waals surface area contributed by atoms with Crippen LogP contribution in [0.25, 0.3) is 0 Å². The van der Waals surface area contributed by atoms with E-state index >= 15 is 0 Å². The summed E-state index contributed by atoms with van der Waals surface area (Å²) in [5, 5.41) is 3.49. The molecule has 1 saturated carbocycles. The van der Waals surface area contributed by atoms with Crippen molar-refractivity contribution in [2.24, 2.45) is 7.05 Å². The van der Waals surface area contributed by atoms with Gasteiger partial charge in [0.25, 0.3) is 0 Å². The summed E-state index contributed by atoms with van der Waals surface area (Å²) in [5.74, 6) is 0.688. The van der Waals surface area contributed by atoms with Gasteiger partial charge in [-0.1, -0.05) is 12.8 Å². The molecule has 1 saturated heterocycles. The molecule has 3 rings (SSSR count). The lowest BCUT2D eigenvalue weighted by atomic mass is 10.1. The van der Waals surface area contributed by atoms with E-state index in [0.717, 1.165) is 31.9 Å². The molecule has 1 aromatic rings. The van der Waals surface area contributed by atoms with Gasteiger partial charge in [0.05, 0.1) is 24.6 Å². The van der Waals surface area contributed by atoms with Gasteiger partial charge in [0.2, 0.25) is 5.95 Å². The Labute approximate surface area is 139 Å². The van der Waals surface area contributed by atoms with Crippen LogP contribution in [0.1, 0.15) is 44.2 Å². The number of aromatic nitrogens is 2. The first kappa shape index (κ1) is 16.7. The predicted molar refractivity (Wildman–Crippen MR) is 90.5 cm³/mol. The number of nitrogens with zero attached hydrogens (tertiary/aromatic N) is 3. The van der Waals surface area contributed by atoms with Gasteiger partial charge in [-0.05, 0) is 12.8 Å². The monoisotopic (exact) mass is 322 g/mol. The molecule has 6 heteroatoms. The second-order valence-corrected chi connectivity index (χ2v) is 7.01. The maximum Gasteiger partial charge on any atom is 0.204 e. The Hall–Kier alpha value is -1.11. The van der Waals surface area contributed by atoms with E-state index in [9.17, 15) is 0 Å². The molecule has 1 aliphatic carbocycles. The standard InChI is InChI=1S/C17H30N4O2/c1-20(2)16-19-11-14(21(16)3)10-18-12-15-13-22-17(23-15)8-6-4-5-7-9-17/h11,15,18H,4-10,12-13H2,1-3H3/t15-/m1/s1. The normalized spacial score (nSPS) is 24.0. The summed E-state index contributed by atoms with van der Waals surface area (Å²) >= 11 is 0. The van der Waals surface area contributed by atoms with Crippen LogP contribution >= 0.6 is 0 Å². The lowest BCUT2D eigenvalue weighted by molar-refractivity contribution is -0.175. The topological polar surface area (TPSA) is 51.6 Å². The van der Waals surface area contributed by atoms with Crippen molar-refractivity contribution in [3.63, 3.8) is 0 Å². The minimum atomic E-state index is -0.284. The van der Waals surface area contributed by atoms with Crippen LogP contribution in [0.2, 0.25) is 0 Å². The maximum absolute atomic E-state index is 6.27. The fourth-order valence-corrected chi connectivity index (χ4v) is 3.62. The number of anilines is 1. The van der Waals surface area contributed by atoms with E-state index in [4.69, 9.17) is 9.47 Å². The second kappa shape index (κ2) is 7.20. The summed E-state index contributed by atoms with van der Waals surface area (Å²) in [6.45, 7) is 2.33. The zero-order chi connectivity index (χ0) is 16.3. The zero-order valence-electron chi connectivity index (χ0n) is 14.7. The first-order valence-electron chi connectivity index (χ1n) is 8.80. The molecule has 23 heavy (non-hydrogen) atoms. The molecule has 130 valence electrons. The molecular weight excluding hydrogens is 292 g/mol. The molecule has 1 aliphatic heterocycles. The molecule has 1 N–H and O–H groups in total. The quantitative estimate of drug-likeness (QED) is 0.899. The third-order valence-electron chi connectivity index (χ3n) is 4.92. The Morgan fingerprint density at radius 3 is 2.70 bits per heavy atom. The van der Waals surface area contributed by atoms with Gasteiger partial charge in [-0.25, -0.2) is 4.98 Å². The molecule has 0 unspecified atom stereocenters. The molecule has 2 heterocycles. The molecule has 0 aromatic carbocycles. The molecule has 1 atom stereocenters. The van der Waals surface area contributed by atoms with Crippen LogP contribution in [0.5, 0.6) is 0 Å². The van der Waals surface area contributed by atoms with Gasteiger partial charge in [-0.15, -0.1) is 0 Å². The summed E-state index contributed by atoms with van der Waals surface area (Å²) in [4.78, 5) is 6.46. The lowest BCUT2D eigenvalue weighted by Crippen LogP contribution is -2.33. The first-order valence-corrected chi connectivity index (χ1v) is 8.80. The second-order valence-electron chi connectivity index (χ2n) is 7.01. The fraction of sp³-hybridized carbons (Fsp3) is 0.824. The summed E-state index contributed by atoms with van der Waals surface area (Å²) in [6.07, 6.45) is 9.27. The number of rotatable bonds is 5. The van der Waals surface area contributed by atoms with Gasteiger partial charge in [-0.3, -0.25) is 0 Å². The zero-order valence-corrected chi connectivity index (χ0v) is 14.7. The van der Waals surface area contributed by atoms with E-state index in [-0.39, 0.29) is 11.9 Å². The summed E-state index contributed by atoms with van der Waals surface area (Å²) in [5.41, 5.74) is 1.18. The van der Waals surface area contributed by atoms with E-state index in [1.807, 2.05) is 25.2 Å². The lowest BCUT2D eigenvalue weighted by Gasteiger charge is -2.26. The van der Waals surface area contributed by atoms with E-state index < -0.39 is 0 Å². The van der Waals surface area contributed by atoms with Crippen LogP contribution in [0, 0.1) is 0 Å². The van der Waals surface area contributed by atoms with Gasteiger partial charge < -0.3 is 24.3 Å². The summed E-state index contributed by atoms with van der Waals surface area (Å²) < 4.78 is 14.4. The van der Waals surface area contributed by atoms with Gasteiger partial charge in [0.1, 0.15) is 0 Å². The SMILES string of the molecule is CN(C)c1ncc(CNC[C@@H]2COC3(CCCCCC3)O2)n1C. The highest BCUT2D eigenvalue weighted by molar-refractivity contribution is 5.30. The van der Waals surface area contributed by atoms with Crippen molar-refractivity contribution in [3.8, 4) is 0 Å².